The highest BCUT2D eigenvalue weighted by Crippen LogP contribution is 2.32. The van der Waals surface area contributed by atoms with Gasteiger partial charge in [0.2, 0.25) is 16.8 Å². The van der Waals surface area contributed by atoms with Crippen LogP contribution in [0.5, 0.6) is 11.5 Å². The van der Waals surface area contributed by atoms with E-state index in [0.717, 1.165) is 5.56 Å². The van der Waals surface area contributed by atoms with Gasteiger partial charge in [-0.15, -0.1) is 0 Å². The molecule has 2 N–H and O–H groups in total. The molecule has 0 fully saturated rings. The number of rotatable bonds is 4. The number of aromatic nitrogens is 2. The summed E-state index contributed by atoms with van der Waals surface area (Å²) in [5.41, 5.74) is 1.33. The molecule has 2 aromatic heterocycles. The molecular weight excluding hydrogens is 318 g/mol. The number of nitrogens with zero attached hydrogens (tertiary/aromatic N) is 1. The maximum atomic E-state index is 12.5. The molecule has 0 amide bonds. The van der Waals surface area contributed by atoms with Crippen LogP contribution in [0.4, 0.5) is 0 Å². The molecule has 0 aliphatic carbocycles. The van der Waals surface area contributed by atoms with Crippen LogP contribution in [0.15, 0.2) is 47.6 Å². The molecule has 0 unspecified atom stereocenters. The third-order valence-corrected chi connectivity index (χ3v) is 5.05. The number of aromatic amines is 1. The van der Waals surface area contributed by atoms with Crippen LogP contribution in [0, 0.1) is 0 Å². The summed E-state index contributed by atoms with van der Waals surface area (Å²) >= 11 is 0. The molecule has 0 bridgehead atoms. The van der Waals surface area contributed by atoms with E-state index >= 15 is 0 Å². The Hall–Kier alpha value is -2.58. The predicted octanol–water partition coefficient (Wildman–Crippen LogP) is 1.77. The van der Waals surface area contributed by atoms with Gasteiger partial charge in [-0.3, -0.25) is 0 Å². The van der Waals surface area contributed by atoms with Crippen LogP contribution in [-0.4, -0.2) is 25.2 Å². The van der Waals surface area contributed by atoms with Crippen LogP contribution in [-0.2, 0) is 16.6 Å². The van der Waals surface area contributed by atoms with E-state index < -0.39 is 10.0 Å². The van der Waals surface area contributed by atoms with Gasteiger partial charge in [-0.05, 0) is 29.8 Å². The quantitative estimate of drug-likeness (QED) is 0.760. The zero-order valence-electron chi connectivity index (χ0n) is 11.9. The zero-order chi connectivity index (χ0) is 15.9. The van der Waals surface area contributed by atoms with Crippen molar-refractivity contribution in [2.75, 3.05) is 6.79 Å². The Morgan fingerprint density at radius 3 is 3.00 bits per heavy atom. The standard InChI is InChI=1S/C15H13N3O4S/c19-23(20,14-8-17-15-11(14)2-1-5-16-15)18-7-10-3-4-12-13(6-10)22-9-21-12/h1-6,8,18H,7,9H2,(H,16,17). The maximum absolute atomic E-state index is 12.5. The summed E-state index contributed by atoms with van der Waals surface area (Å²) in [6.07, 6.45) is 3.05. The van der Waals surface area contributed by atoms with E-state index in [2.05, 4.69) is 14.7 Å². The van der Waals surface area contributed by atoms with E-state index in [1.54, 1.807) is 36.5 Å². The second-order valence-corrected chi connectivity index (χ2v) is 6.80. The molecule has 8 heteroatoms. The highest BCUT2D eigenvalue weighted by atomic mass is 32.2. The van der Waals surface area contributed by atoms with Crippen LogP contribution >= 0.6 is 0 Å². The maximum Gasteiger partial charge on any atom is 0.243 e. The Labute approximate surface area is 132 Å². The number of nitrogens with one attached hydrogen (secondary N) is 2. The molecule has 7 nitrogen and oxygen atoms in total. The Balaban J connectivity index is 1.58. The molecule has 1 aromatic carbocycles. The van der Waals surface area contributed by atoms with Crippen molar-refractivity contribution in [1.82, 2.24) is 14.7 Å². The molecule has 0 spiro atoms. The van der Waals surface area contributed by atoms with Crippen molar-refractivity contribution in [3.63, 3.8) is 0 Å². The fourth-order valence-electron chi connectivity index (χ4n) is 2.46. The average Bonchev–Trinajstić information content (AvgIpc) is 3.19. The summed E-state index contributed by atoms with van der Waals surface area (Å²) in [6.45, 7) is 0.346. The van der Waals surface area contributed by atoms with Gasteiger partial charge in [-0.25, -0.2) is 18.1 Å². The normalized spacial score (nSPS) is 13.6. The zero-order valence-corrected chi connectivity index (χ0v) is 12.8. The van der Waals surface area contributed by atoms with Crippen molar-refractivity contribution in [3.05, 3.63) is 48.3 Å². The summed E-state index contributed by atoms with van der Waals surface area (Å²) in [4.78, 5) is 7.14. The van der Waals surface area contributed by atoms with Crippen molar-refractivity contribution in [3.8, 4) is 11.5 Å². The SMILES string of the molecule is O=S(=O)(NCc1ccc2c(c1)OCO2)c1c[nH]c2ncccc12. The fraction of sp³-hybridized carbons (Fsp3) is 0.133. The van der Waals surface area contributed by atoms with E-state index in [1.807, 2.05) is 0 Å². The Morgan fingerprint density at radius 1 is 1.22 bits per heavy atom. The molecule has 1 aliphatic rings. The third kappa shape index (κ3) is 2.51. The summed E-state index contributed by atoms with van der Waals surface area (Å²) in [5, 5.41) is 0.561. The summed E-state index contributed by atoms with van der Waals surface area (Å²) < 4.78 is 38.1. The molecule has 1 aliphatic heterocycles. The molecule has 23 heavy (non-hydrogen) atoms. The van der Waals surface area contributed by atoms with Crippen LogP contribution in [0.25, 0.3) is 11.0 Å². The van der Waals surface area contributed by atoms with Gasteiger partial charge >= 0.3 is 0 Å². The lowest BCUT2D eigenvalue weighted by Crippen LogP contribution is -2.23. The number of ether oxygens (including phenoxy) is 2. The molecule has 0 radical (unpaired) electrons. The topological polar surface area (TPSA) is 93.3 Å². The summed E-state index contributed by atoms with van der Waals surface area (Å²) in [7, 11) is -3.65. The number of H-pyrrole nitrogens is 1. The van der Waals surface area contributed by atoms with E-state index in [9.17, 15) is 8.42 Å². The Bertz CT molecular complexity index is 981. The number of hydrogen-bond acceptors (Lipinski definition) is 5. The Morgan fingerprint density at radius 2 is 2.09 bits per heavy atom. The van der Waals surface area contributed by atoms with Crippen molar-refractivity contribution < 1.29 is 17.9 Å². The number of hydrogen-bond donors (Lipinski definition) is 2. The lowest BCUT2D eigenvalue weighted by molar-refractivity contribution is 0.174. The van der Waals surface area contributed by atoms with Crippen LogP contribution in [0.2, 0.25) is 0 Å². The van der Waals surface area contributed by atoms with E-state index in [-0.39, 0.29) is 18.2 Å². The van der Waals surface area contributed by atoms with Gasteiger partial charge in [0, 0.05) is 24.3 Å². The van der Waals surface area contributed by atoms with Gasteiger partial charge < -0.3 is 14.5 Å². The largest absolute Gasteiger partial charge is 0.454 e. The molecule has 118 valence electrons. The van der Waals surface area contributed by atoms with Gasteiger partial charge in [0.05, 0.1) is 0 Å². The average molecular weight is 331 g/mol. The van der Waals surface area contributed by atoms with Gasteiger partial charge in [-0.1, -0.05) is 6.07 Å². The second kappa shape index (κ2) is 5.25. The van der Waals surface area contributed by atoms with Crippen molar-refractivity contribution >= 4 is 21.1 Å². The summed E-state index contributed by atoms with van der Waals surface area (Å²) in [5.74, 6) is 1.29. The van der Waals surface area contributed by atoms with Gasteiger partial charge in [0.1, 0.15) is 10.5 Å². The first-order valence-corrected chi connectivity index (χ1v) is 8.42. The Kier molecular flexibility index (Phi) is 3.21. The van der Waals surface area contributed by atoms with Crippen molar-refractivity contribution in [2.45, 2.75) is 11.4 Å². The lowest BCUT2D eigenvalue weighted by atomic mass is 10.2. The van der Waals surface area contributed by atoms with Crippen molar-refractivity contribution in [1.29, 1.82) is 0 Å². The predicted molar refractivity (Wildman–Crippen MR) is 82.7 cm³/mol. The van der Waals surface area contributed by atoms with Gasteiger partial charge in [0.25, 0.3) is 0 Å². The second-order valence-electron chi connectivity index (χ2n) is 5.06. The molecular formula is C15H13N3O4S. The lowest BCUT2D eigenvalue weighted by Gasteiger charge is -2.06. The smallest absolute Gasteiger partial charge is 0.243 e. The molecule has 3 heterocycles. The first kappa shape index (κ1) is 14.0. The van der Waals surface area contributed by atoms with Crippen LogP contribution in [0.1, 0.15) is 5.56 Å². The summed E-state index contributed by atoms with van der Waals surface area (Å²) in [6, 6.07) is 8.75. The fourth-order valence-corrected chi connectivity index (χ4v) is 3.64. The minimum absolute atomic E-state index is 0.159. The monoisotopic (exact) mass is 331 g/mol. The molecule has 0 atom stereocenters. The van der Waals surface area contributed by atoms with E-state index in [4.69, 9.17) is 9.47 Å². The van der Waals surface area contributed by atoms with E-state index in [0.29, 0.717) is 22.5 Å². The number of benzene rings is 1. The van der Waals surface area contributed by atoms with Crippen LogP contribution in [0.3, 0.4) is 0 Å². The first-order chi connectivity index (χ1) is 11.1. The highest BCUT2D eigenvalue weighted by Gasteiger charge is 2.20. The van der Waals surface area contributed by atoms with Crippen molar-refractivity contribution in [2.24, 2.45) is 0 Å². The molecule has 0 saturated heterocycles. The molecule has 3 aromatic rings. The number of pyridine rings is 1. The molecule has 0 saturated carbocycles. The van der Waals surface area contributed by atoms with E-state index in [1.165, 1.54) is 6.20 Å². The highest BCUT2D eigenvalue weighted by molar-refractivity contribution is 7.89. The number of sulfonamides is 1. The minimum atomic E-state index is -3.65. The van der Waals surface area contributed by atoms with Gasteiger partial charge in [0.15, 0.2) is 11.5 Å². The van der Waals surface area contributed by atoms with Gasteiger partial charge in [-0.2, -0.15) is 0 Å². The number of fused-ring (bicyclic) bond motifs is 2. The molecule has 4 rings (SSSR count). The third-order valence-electron chi connectivity index (χ3n) is 3.61. The minimum Gasteiger partial charge on any atom is -0.454 e. The van der Waals surface area contributed by atoms with Crippen LogP contribution < -0.4 is 14.2 Å². The first-order valence-electron chi connectivity index (χ1n) is 6.94.